The summed E-state index contributed by atoms with van der Waals surface area (Å²) in [5.74, 6) is 0.482. The van der Waals surface area contributed by atoms with E-state index in [4.69, 9.17) is 10.5 Å². The van der Waals surface area contributed by atoms with Crippen LogP contribution in [0.25, 0.3) is 0 Å². The average molecular weight is 301 g/mol. The van der Waals surface area contributed by atoms with Gasteiger partial charge in [0.05, 0.1) is 11.7 Å². The molecule has 0 unspecified atom stereocenters. The second-order valence-corrected chi connectivity index (χ2v) is 6.51. The van der Waals surface area contributed by atoms with Crippen molar-refractivity contribution in [2.24, 2.45) is 11.1 Å². The van der Waals surface area contributed by atoms with Crippen LogP contribution in [0.3, 0.4) is 0 Å². The highest BCUT2D eigenvalue weighted by Crippen LogP contribution is 2.38. The lowest BCUT2D eigenvalue weighted by molar-refractivity contribution is -0.137. The number of benzene rings is 1. The number of hydrogen-bond donors (Lipinski definition) is 1. The zero-order valence-electron chi connectivity index (χ0n) is 12.5. The van der Waals surface area contributed by atoms with Crippen molar-refractivity contribution in [3.63, 3.8) is 0 Å². The Hall–Kier alpha value is -1.23. The Kier molecular flexibility index (Phi) is 4.51. The van der Waals surface area contributed by atoms with Gasteiger partial charge in [0.1, 0.15) is 5.75 Å². The van der Waals surface area contributed by atoms with E-state index in [-0.39, 0.29) is 12.6 Å². The molecule has 21 heavy (non-hydrogen) atoms. The first-order chi connectivity index (χ1) is 9.71. The number of ether oxygens (including phenoxy) is 1. The number of nitrogens with two attached hydrogens (primary N) is 1. The van der Waals surface area contributed by atoms with Gasteiger partial charge in [0, 0.05) is 12.1 Å². The van der Waals surface area contributed by atoms with Crippen molar-refractivity contribution in [2.45, 2.75) is 58.4 Å². The summed E-state index contributed by atoms with van der Waals surface area (Å²) in [4.78, 5) is 0. The summed E-state index contributed by atoms with van der Waals surface area (Å²) in [7, 11) is 0. The molecule has 0 heterocycles. The Morgan fingerprint density at radius 1 is 1.24 bits per heavy atom. The van der Waals surface area contributed by atoms with Crippen LogP contribution >= 0.6 is 0 Å². The molecular formula is C16H22F3NO. The molecule has 0 bridgehead atoms. The highest BCUT2D eigenvalue weighted by Gasteiger charge is 2.32. The molecule has 2 N–H and O–H groups in total. The van der Waals surface area contributed by atoms with Crippen molar-refractivity contribution in [1.29, 1.82) is 0 Å². The first kappa shape index (κ1) is 16.1. The summed E-state index contributed by atoms with van der Waals surface area (Å²) in [5.41, 5.74) is 5.62. The van der Waals surface area contributed by atoms with Gasteiger partial charge in [-0.25, -0.2) is 0 Å². The van der Waals surface area contributed by atoms with Gasteiger partial charge in [-0.2, -0.15) is 13.2 Å². The van der Waals surface area contributed by atoms with Crippen LogP contribution in [0.15, 0.2) is 18.2 Å². The Bertz CT molecular complexity index is 487. The molecule has 2 nitrogen and oxygen atoms in total. The molecule has 0 amide bonds. The van der Waals surface area contributed by atoms with Gasteiger partial charge >= 0.3 is 6.18 Å². The fourth-order valence-electron chi connectivity index (χ4n) is 2.70. The molecule has 0 saturated heterocycles. The quantitative estimate of drug-likeness (QED) is 0.891. The topological polar surface area (TPSA) is 35.2 Å². The van der Waals surface area contributed by atoms with Crippen molar-refractivity contribution >= 4 is 0 Å². The number of alkyl halides is 3. The van der Waals surface area contributed by atoms with Crippen LogP contribution in [0.5, 0.6) is 5.75 Å². The van der Waals surface area contributed by atoms with Gasteiger partial charge in [-0.1, -0.05) is 13.8 Å². The van der Waals surface area contributed by atoms with Crippen LogP contribution in [0.4, 0.5) is 13.2 Å². The van der Waals surface area contributed by atoms with Crippen molar-refractivity contribution in [3.8, 4) is 5.75 Å². The van der Waals surface area contributed by atoms with E-state index >= 15 is 0 Å². The summed E-state index contributed by atoms with van der Waals surface area (Å²) in [6.07, 6.45) is -0.292. The lowest BCUT2D eigenvalue weighted by Crippen LogP contribution is -2.28. The molecule has 0 atom stereocenters. The highest BCUT2D eigenvalue weighted by atomic mass is 19.4. The second-order valence-electron chi connectivity index (χ2n) is 6.51. The normalized spacial score (nSPS) is 19.5. The Labute approximate surface area is 123 Å². The third-order valence-electron chi connectivity index (χ3n) is 4.19. The smallest absolute Gasteiger partial charge is 0.416 e. The van der Waals surface area contributed by atoms with E-state index < -0.39 is 11.7 Å². The zero-order valence-corrected chi connectivity index (χ0v) is 12.5. The lowest BCUT2D eigenvalue weighted by atomic mass is 9.76. The third kappa shape index (κ3) is 4.13. The molecule has 1 aromatic rings. The highest BCUT2D eigenvalue weighted by molar-refractivity contribution is 5.38. The molecule has 1 aliphatic carbocycles. The lowest BCUT2D eigenvalue weighted by Gasteiger charge is -2.34. The van der Waals surface area contributed by atoms with Crippen molar-refractivity contribution in [3.05, 3.63) is 29.3 Å². The molecule has 1 fully saturated rings. The fraction of sp³-hybridized carbons (Fsp3) is 0.625. The van der Waals surface area contributed by atoms with E-state index in [1.54, 1.807) is 0 Å². The van der Waals surface area contributed by atoms with E-state index in [1.807, 2.05) is 0 Å². The summed E-state index contributed by atoms with van der Waals surface area (Å²) in [6, 6.07) is 3.54. The van der Waals surface area contributed by atoms with Gasteiger partial charge in [0.25, 0.3) is 0 Å². The van der Waals surface area contributed by atoms with Crippen LogP contribution in [-0.4, -0.2) is 6.10 Å². The zero-order chi connectivity index (χ0) is 15.7. The minimum absolute atomic E-state index is 0.0392. The Morgan fingerprint density at radius 3 is 2.38 bits per heavy atom. The molecular weight excluding hydrogens is 279 g/mol. The van der Waals surface area contributed by atoms with Crippen LogP contribution in [0, 0.1) is 5.41 Å². The van der Waals surface area contributed by atoms with Crippen LogP contribution in [0.1, 0.15) is 50.7 Å². The van der Waals surface area contributed by atoms with Gasteiger partial charge < -0.3 is 10.5 Å². The summed E-state index contributed by atoms with van der Waals surface area (Å²) in [6.45, 7) is 4.50. The average Bonchev–Trinajstić information content (AvgIpc) is 2.40. The Balaban J connectivity index is 2.10. The van der Waals surface area contributed by atoms with Gasteiger partial charge in [-0.05, 0) is 49.3 Å². The minimum Gasteiger partial charge on any atom is -0.490 e. The third-order valence-corrected chi connectivity index (χ3v) is 4.19. The number of halogens is 3. The first-order valence-electron chi connectivity index (χ1n) is 7.28. The molecule has 0 aromatic heterocycles. The minimum atomic E-state index is -4.35. The van der Waals surface area contributed by atoms with Gasteiger partial charge in [0.15, 0.2) is 0 Å². The van der Waals surface area contributed by atoms with E-state index in [0.717, 1.165) is 37.8 Å². The van der Waals surface area contributed by atoms with Gasteiger partial charge in [0.2, 0.25) is 0 Å². The maximum atomic E-state index is 12.7. The molecule has 1 aliphatic rings. The number of rotatable bonds is 3. The van der Waals surface area contributed by atoms with E-state index in [0.29, 0.717) is 16.7 Å². The molecule has 0 aliphatic heterocycles. The molecule has 0 spiro atoms. The van der Waals surface area contributed by atoms with E-state index in [2.05, 4.69) is 13.8 Å². The Morgan fingerprint density at radius 2 is 1.86 bits per heavy atom. The first-order valence-corrected chi connectivity index (χ1v) is 7.28. The maximum Gasteiger partial charge on any atom is 0.416 e. The molecule has 118 valence electrons. The maximum absolute atomic E-state index is 12.7. The van der Waals surface area contributed by atoms with Crippen molar-refractivity contribution < 1.29 is 17.9 Å². The predicted molar refractivity (Wildman–Crippen MR) is 76.0 cm³/mol. The standard InChI is InChI=1S/C16H22F3NO/c1-15(2)7-5-13(6-8-15)21-14-4-3-12(16(17,18)19)9-11(14)10-20/h3-4,9,13H,5-8,10,20H2,1-2H3. The fourth-order valence-corrected chi connectivity index (χ4v) is 2.70. The van der Waals surface area contributed by atoms with Crippen molar-refractivity contribution in [2.75, 3.05) is 0 Å². The monoisotopic (exact) mass is 301 g/mol. The van der Waals surface area contributed by atoms with Crippen LogP contribution in [-0.2, 0) is 12.7 Å². The summed E-state index contributed by atoms with van der Waals surface area (Å²) >= 11 is 0. The largest absolute Gasteiger partial charge is 0.490 e. The van der Waals surface area contributed by atoms with Gasteiger partial charge in [-0.3, -0.25) is 0 Å². The van der Waals surface area contributed by atoms with Gasteiger partial charge in [-0.15, -0.1) is 0 Å². The second kappa shape index (κ2) is 5.87. The van der Waals surface area contributed by atoms with Crippen LogP contribution in [0.2, 0.25) is 0 Å². The van der Waals surface area contributed by atoms with Crippen LogP contribution < -0.4 is 10.5 Å². The molecule has 5 heteroatoms. The van der Waals surface area contributed by atoms with E-state index in [9.17, 15) is 13.2 Å². The number of hydrogen-bond acceptors (Lipinski definition) is 2. The molecule has 1 saturated carbocycles. The molecule has 1 aromatic carbocycles. The van der Waals surface area contributed by atoms with Crippen molar-refractivity contribution in [1.82, 2.24) is 0 Å². The summed E-state index contributed by atoms with van der Waals surface area (Å²) in [5, 5.41) is 0. The molecule has 0 radical (unpaired) electrons. The van der Waals surface area contributed by atoms with E-state index in [1.165, 1.54) is 6.07 Å². The summed E-state index contributed by atoms with van der Waals surface area (Å²) < 4.78 is 44.0. The predicted octanol–water partition coefficient (Wildman–Crippen LogP) is 4.51. The SMILES string of the molecule is CC1(C)CCC(Oc2ccc(C(F)(F)F)cc2CN)CC1. The molecule has 2 rings (SSSR count).